The summed E-state index contributed by atoms with van der Waals surface area (Å²) >= 11 is 0. The van der Waals surface area contributed by atoms with Crippen molar-refractivity contribution < 1.29 is 4.55 Å². The van der Waals surface area contributed by atoms with Crippen molar-refractivity contribution in [1.82, 2.24) is 0 Å². The highest BCUT2D eigenvalue weighted by Crippen LogP contribution is 1.98. The fourth-order valence-electron chi connectivity index (χ4n) is 0. The molecule has 34 valence electrons. The second kappa shape index (κ2) is 5.62. The number of hydrogen-bond acceptors (Lipinski definition) is 1. The van der Waals surface area contributed by atoms with Gasteiger partial charge in [-0.25, -0.2) is 0 Å². The predicted octanol–water partition coefficient (Wildman–Crippen LogP) is 1.66. The van der Waals surface area contributed by atoms with Crippen LogP contribution in [0.1, 0.15) is 0 Å². The minimum atomic E-state index is -1.67. The third-order valence-electron chi connectivity index (χ3n) is 0. The van der Waals surface area contributed by atoms with Crippen LogP contribution in [0.3, 0.4) is 0 Å². The average molecular weight is 247 g/mol. The molecule has 1 nitrogen and oxygen atoms in total. The minimum absolute atomic E-state index is 0. The van der Waals surface area contributed by atoms with E-state index in [1.807, 2.05) is 0 Å². The predicted molar refractivity (Wildman–Crippen MR) is 35.3 cm³/mol. The van der Waals surface area contributed by atoms with Gasteiger partial charge in [-0.3, -0.25) is 0 Å². The second-order valence-electron chi connectivity index (χ2n) is 0.184. The molecule has 0 rings (SSSR count). The molecule has 5 heavy (non-hydrogen) atoms. The fraction of sp³-hybridized carbons (Fsp3) is 0. The molecule has 0 fully saturated rings. The maximum atomic E-state index is 9.09. The van der Waals surface area contributed by atoms with E-state index in [2.05, 4.69) is 21.4 Å². The lowest BCUT2D eigenvalue weighted by molar-refractivity contribution is 0.620. The third kappa shape index (κ3) is 28.1. The van der Waals surface area contributed by atoms with Crippen LogP contribution in [-0.2, 0) is 9.60 Å². The summed E-state index contributed by atoms with van der Waals surface area (Å²) in [6.07, 6.45) is 0. The van der Waals surface area contributed by atoms with Crippen molar-refractivity contribution in [3.8, 4) is 0 Å². The van der Waals surface area contributed by atoms with E-state index in [-0.39, 0.29) is 24.0 Å². The lowest BCUT2D eigenvalue weighted by Crippen LogP contribution is -1.63. The van der Waals surface area contributed by atoms with Gasteiger partial charge in [0.15, 0.2) is 31.0 Å². The van der Waals surface area contributed by atoms with Crippen LogP contribution in [0.5, 0.6) is 0 Å². The molecule has 0 heterocycles. The molecule has 0 amide bonds. The highest BCUT2D eigenvalue weighted by molar-refractivity contribution is 14.0. The van der Waals surface area contributed by atoms with Gasteiger partial charge in [0.1, 0.15) is 0 Å². The van der Waals surface area contributed by atoms with Gasteiger partial charge in [0, 0.05) is 0 Å². The van der Waals surface area contributed by atoms with E-state index in [0.717, 1.165) is 0 Å². The highest BCUT2D eigenvalue weighted by atomic mass is 127. The molecule has 0 spiro atoms. The molecule has 0 bridgehead atoms. The monoisotopic (exact) mass is 246 g/mol. The van der Waals surface area contributed by atoms with Gasteiger partial charge >= 0.3 is 0 Å². The molecule has 0 saturated heterocycles. The topological polar surface area (TPSA) is 23.1 Å². The fourth-order valence-corrected chi connectivity index (χ4v) is 0. The lowest BCUT2D eigenvalue weighted by atomic mass is 15.9. The van der Waals surface area contributed by atoms with Gasteiger partial charge in [-0.05, 0) is 0 Å². The number of halogens is 3. The SMILES string of the molecule is I.[O-][S+](Cl)Cl. The van der Waals surface area contributed by atoms with Crippen molar-refractivity contribution in [2.75, 3.05) is 0 Å². The highest BCUT2D eigenvalue weighted by Gasteiger charge is 1.83. The van der Waals surface area contributed by atoms with E-state index >= 15 is 0 Å². The first kappa shape index (κ1) is 9.80. The quantitative estimate of drug-likeness (QED) is 0.471. The molecule has 0 saturated carbocycles. The Bertz CT molecular complexity index is 14.4. The Morgan fingerprint density at radius 3 is 1.40 bits per heavy atom. The normalized spacial score (nSPS) is 7.20. The van der Waals surface area contributed by atoms with Gasteiger partial charge in [-0.2, -0.15) is 0 Å². The minimum Gasteiger partial charge on any atom is -0.582 e. The average Bonchev–Trinajstić information content (AvgIpc) is 0.811. The zero-order chi connectivity index (χ0) is 3.58. The Balaban J connectivity index is 0. The summed E-state index contributed by atoms with van der Waals surface area (Å²) in [4.78, 5) is 0. The van der Waals surface area contributed by atoms with Crippen LogP contribution in [0.2, 0.25) is 0 Å². The Morgan fingerprint density at radius 1 is 1.40 bits per heavy atom. The van der Waals surface area contributed by atoms with Crippen LogP contribution in [0.4, 0.5) is 0 Å². The molecular weight excluding hydrogens is 246 g/mol. The molecule has 0 aliphatic carbocycles. The van der Waals surface area contributed by atoms with Gasteiger partial charge in [-0.15, -0.1) is 24.0 Å². The van der Waals surface area contributed by atoms with Gasteiger partial charge in [0.2, 0.25) is 0 Å². The first-order chi connectivity index (χ1) is 1.73. The molecule has 0 aromatic carbocycles. The zero-order valence-electron chi connectivity index (χ0n) is 1.98. The molecule has 5 heteroatoms. The van der Waals surface area contributed by atoms with Crippen LogP contribution in [0, 0.1) is 0 Å². The number of rotatable bonds is 0. The Labute approximate surface area is 59.2 Å². The first-order valence-corrected chi connectivity index (χ1v) is 3.28. The van der Waals surface area contributed by atoms with Crippen LogP contribution >= 0.6 is 45.3 Å². The number of hydrogen-bond donors (Lipinski definition) is 0. The van der Waals surface area contributed by atoms with E-state index in [9.17, 15) is 0 Å². The molecular formula is HCl2IOS. The standard InChI is InChI=1S/Cl2OS.HI/c1-4(2)3;/h;1H. The summed E-state index contributed by atoms with van der Waals surface area (Å²) in [5.41, 5.74) is 0. The van der Waals surface area contributed by atoms with Crippen molar-refractivity contribution in [2.45, 2.75) is 0 Å². The maximum Gasteiger partial charge on any atom is 0.198 e. The van der Waals surface area contributed by atoms with Crippen LogP contribution in [0.15, 0.2) is 0 Å². The van der Waals surface area contributed by atoms with E-state index in [1.165, 1.54) is 0 Å². The summed E-state index contributed by atoms with van der Waals surface area (Å²) in [7, 11) is 7.36. The van der Waals surface area contributed by atoms with E-state index in [1.54, 1.807) is 0 Å². The summed E-state index contributed by atoms with van der Waals surface area (Å²) < 4.78 is 9.09. The molecule has 0 aromatic heterocycles. The van der Waals surface area contributed by atoms with Crippen molar-refractivity contribution in [3.63, 3.8) is 0 Å². The first-order valence-electron chi connectivity index (χ1n) is 0.475. The lowest BCUT2D eigenvalue weighted by Gasteiger charge is -1.73. The van der Waals surface area contributed by atoms with Gasteiger partial charge in [0.25, 0.3) is 0 Å². The van der Waals surface area contributed by atoms with Crippen molar-refractivity contribution in [2.24, 2.45) is 0 Å². The summed E-state index contributed by atoms with van der Waals surface area (Å²) in [5, 5.41) is 0. The van der Waals surface area contributed by atoms with Crippen molar-refractivity contribution in [3.05, 3.63) is 0 Å². The molecule has 0 N–H and O–H groups in total. The third-order valence-corrected chi connectivity index (χ3v) is 0. The van der Waals surface area contributed by atoms with Crippen molar-refractivity contribution >= 4 is 54.9 Å². The Morgan fingerprint density at radius 2 is 1.40 bits per heavy atom. The molecule has 0 aromatic rings. The molecule has 0 aliphatic heterocycles. The van der Waals surface area contributed by atoms with E-state index in [0.29, 0.717) is 0 Å². The molecule has 0 aliphatic rings. The largest absolute Gasteiger partial charge is 0.582 e. The van der Waals surface area contributed by atoms with E-state index < -0.39 is 9.60 Å². The smallest absolute Gasteiger partial charge is 0.198 e. The van der Waals surface area contributed by atoms with Crippen LogP contribution < -0.4 is 0 Å². The van der Waals surface area contributed by atoms with Crippen molar-refractivity contribution in [1.29, 1.82) is 0 Å². The van der Waals surface area contributed by atoms with Gasteiger partial charge < -0.3 is 4.55 Å². The summed E-state index contributed by atoms with van der Waals surface area (Å²) in [5.74, 6) is 0. The summed E-state index contributed by atoms with van der Waals surface area (Å²) in [6.45, 7) is 0. The van der Waals surface area contributed by atoms with Gasteiger partial charge in [0.05, 0.1) is 0 Å². The van der Waals surface area contributed by atoms with Crippen LogP contribution in [-0.4, -0.2) is 4.55 Å². The van der Waals surface area contributed by atoms with E-state index in [4.69, 9.17) is 4.55 Å². The second-order valence-corrected chi connectivity index (χ2v) is 2.71. The Kier molecular flexibility index (Phi) is 11.0. The maximum absolute atomic E-state index is 9.09. The van der Waals surface area contributed by atoms with Gasteiger partial charge in [-0.1, -0.05) is 0 Å². The Hall–Kier alpha value is 1.62. The van der Waals surface area contributed by atoms with Crippen LogP contribution in [0.25, 0.3) is 0 Å². The molecule has 0 unspecified atom stereocenters. The molecule has 0 radical (unpaired) electrons. The molecule has 0 atom stereocenters. The zero-order valence-corrected chi connectivity index (χ0v) is 6.64. The summed E-state index contributed by atoms with van der Waals surface area (Å²) in [6, 6.07) is 0.